The molecule has 5 heteroatoms. The van der Waals surface area contributed by atoms with E-state index in [4.69, 9.17) is 0 Å². The standard InChI is InChI=1S/C10H20N2OS.ClH/c1-14-8-5-10(13)12-7-4-9-3-2-6-11-9;/h9,11H,2-8H2,1H3,(H,12,13);1H/t9-;/m1./s1. The van der Waals surface area contributed by atoms with Crippen LogP contribution in [-0.4, -0.2) is 37.0 Å². The zero-order valence-electron chi connectivity index (χ0n) is 9.25. The fourth-order valence-corrected chi connectivity index (χ4v) is 2.06. The number of carbonyl (C=O) groups is 1. The van der Waals surface area contributed by atoms with Crippen LogP contribution in [-0.2, 0) is 4.79 Å². The first-order valence-electron chi connectivity index (χ1n) is 5.32. The van der Waals surface area contributed by atoms with Gasteiger partial charge < -0.3 is 10.6 Å². The molecule has 1 amide bonds. The van der Waals surface area contributed by atoms with E-state index in [1.807, 2.05) is 6.26 Å². The Kier molecular flexibility index (Phi) is 9.35. The fourth-order valence-electron chi connectivity index (χ4n) is 1.67. The second kappa shape index (κ2) is 9.31. The van der Waals surface area contributed by atoms with Crippen molar-refractivity contribution in [3.63, 3.8) is 0 Å². The maximum atomic E-state index is 11.2. The topological polar surface area (TPSA) is 41.1 Å². The summed E-state index contributed by atoms with van der Waals surface area (Å²) in [5.41, 5.74) is 0. The van der Waals surface area contributed by atoms with E-state index in [9.17, 15) is 4.79 Å². The third-order valence-electron chi connectivity index (χ3n) is 2.51. The Bertz CT molecular complexity index is 175. The van der Waals surface area contributed by atoms with Gasteiger partial charge in [-0.15, -0.1) is 12.4 Å². The molecule has 0 aromatic heterocycles. The quantitative estimate of drug-likeness (QED) is 0.751. The SMILES string of the molecule is CSCCC(=O)NCC[C@H]1CCCN1.Cl. The van der Waals surface area contributed by atoms with Crippen LogP contribution in [0.25, 0.3) is 0 Å². The van der Waals surface area contributed by atoms with Crippen molar-refractivity contribution in [1.29, 1.82) is 0 Å². The van der Waals surface area contributed by atoms with Gasteiger partial charge in [0.15, 0.2) is 0 Å². The van der Waals surface area contributed by atoms with Crippen LogP contribution in [0.5, 0.6) is 0 Å². The average molecular weight is 253 g/mol. The molecule has 3 nitrogen and oxygen atoms in total. The molecule has 90 valence electrons. The van der Waals surface area contributed by atoms with Crippen LogP contribution in [0.1, 0.15) is 25.7 Å². The molecule has 0 aromatic rings. The van der Waals surface area contributed by atoms with E-state index in [1.165, 1.54) is 12.8 Å². The van der Waals surface area contributed by atoms with E-state index in [1.54, 1.807) is 11.8 Å². The van der Waals surface area contributed by atoms with E-state index < -0.39 is 0 Å². The van der Waals surface area contributed by atoms with Crippen LogP contribution >= 0.6 is 24.2 Å². The molecule has 0 aliphatic carbocycles. The van der Waals surface area contributed by atoms with Crippen molar-refractivity contribution in [2.45, 2.75) is 31.7 Å². The number of halogens is 1. The zero-order chi connectivity index (χ0) is 10.2. The minimum absolute atomic E-state index is 0. The summed E-state index contributed by atoms with van der Waals surface area (Å²) >= 11 is 1.72. The molecule has 15 heavy (non-hydrogen) atoms. The van der Waals surface area contributed by atoms with Crippen LogP contribution in [0.3, 0.4) is 0 Å². The number of thioether (sulfide) groups is 1. The normalized spacial score (nSPS) is 19.7. The predicted octanol–water partition coefficient (Wildman–Crippen LogP) is 1.42. The summed E-state index contributed by atoms with van der Waals surface area (Å²) in [6, 6.07) is 0.635. The van der Waals surface area contributed by atoms with Gasteiger partial charge in [0.05, 0.1) is 0 Å². The van der Waals surface area contributed by atoms with Crippen molar-refractivity contribution in [3.05, 3.63) is 0 Å². The highest BCUT2D eigenvalue weighted by Crippen LogP contribution is 2.07. The first-order chi connectivity index (χ1) is 6.83. The molecule has 1 heterocycles. The molecule has 1 atom stereocenters. The molecule has 1 aliphatic heterocycles. The smallest absolute Gasteiger partial charge is 0.220 e. The predicted molar refractivity (Wildman–Crippen MR) is 68.9 cm³/mol. The molecule has 1 aliphatic rings. The van der Waals surface area contributed by atoms with Gasteiger partial charge in [-0.3, -0.25) is 4.79 Å². The highest BCUT2D eigenvalue weighted by Gasteiger charge is 2.13. The van der Waals surface area contributed by atoms with Gasteiger partial charge in [-0.25, -0.2) is 0 Å². The van der Waals surface area contributed by atoms with Crippen LogP contribution in [0.4, 0.5) is 0 Å². The molecule has 0 aromatic carbocycles. The molecule has 1 rings (SSSR count). The van der Waals surface area contributed by atoms with Crippen molar-refractivity contribution in [2.24, 2.45) is 0 Å². The Morgan fingerprint density at radius 3 is 3.00 bits per heavy atom. The van der Waals surface area contributed by atoms with Gasteiger partial charge in [0, 0.05) is 24.8 Å². The second-order valence-corrected chi connectivity index (χ2v) is 4.66. The number of hydrogen-bond acceptors (Lipinski definition) is 3. The molecular formula is C10H21ClN2OS. The van der Waals surface area contributed by atoms with Crippen molar-refractivity contribution < 1.29 is 4.79 Å². The van der Waals surface area contributed by atoms with Gasteiger partial charge in [0.1, 0.15) is 0 Å². The molecule has 1 fully saturated rings. The molecule has 0 radical (unpaired) electrons. The summed E-state index contributed by atoms with van der Waals surface area (Å²) in [5.74, 6) is 1.12. The summed E-state index contributed by atoms with van der Waals surface area (Å²) in [4.78, 5) is 11.2. The fraction of sp³-hybridized carbons (Fsp3) is 0.900. The van der Waals surface area contributed by atoms with Crippen molar-refractivity contribution >= 4 is 30.1 Å². The maximum Gasteiger partial charge on any atom is 0.220 e. The first-order valence-corrected chi connectivity index (χ1v) is 6.71. The Balaban J connectivity index is 0.00000196. The molecule has 1 saturated heterocycles. The molecule has 0 saturated carbocycles. The Labute approximate surface area is 103 Å². The molecule has 0 unspecified atom stereocenters. The van der Waals surface area contributed by atoms with Gasteiger partial charge in [-0.1, -0.05) is 0 Å². The van der Waals surface area contributed by atoms with Gasteiger partial charge >= 0.3 is 0 Å². The third-order valence-corrected chi connectivity index (χ3v) is 3.12. The van der Waals surface area contributed by atoms with Gasteiger partial charge in [-0.2, -0.15) is 11.8 Å². The lowest BCUT2D eigenvalue weighted by Gasteiger charge is -2.10. The van der Waals surface area contributed by atoms with E-state index >= 15 is 0 Å². The largest absolute Gasteiger partial charge is 0.356 e. The van der Waals surface area contributed by atoms with Crippen molar-refractivity contribution in [3.8, 4) is 0 Å². The van der Waals surface area contributed by atoms with E-state index in [0.717, 1.165) is 25.3 Å². The molecule has 0 spiro atoms. The van der Waals surface area contributed by atoms with E-state index in [0.29, 0.717) is 12.5 Å². The van der Waals surface area contributed by atoms with Gasteiger partial charge in [0.2, 0.25) is 5.91 Å². The number of carbonyl (C=O) groups excluding carboxylic acids is 1. The molecule has 2 N–H and O–H groups in total. The summed E-state index contributed by atoms with van der Waals surface area (Å²) in [6.07, 6.45) is 6.30. The lowest BCUT2D eigenvalue weighted by atomic mass is 10.1. The monoisotopic (exact) mass is 252 g/mol. The van der Waals surface area contributed by atoms with Crippen LogP contribution in [0, 0.1) is 0 Å². The van der Waals surface area contributed by atoms with Crippen LogP contribution < -0.4 is 10.6 Å². The Morgan fingerprint density at radius 1 is 1.60 bits per heavy atom. The highest BCUT2D eigenvalue weighted by molar-refractivity contribution is 7.98. The zero-order valence-corrected chi connectivity index (χ0v) is 10.9. The van der Waals surface area contributed by atoms with Crippen molar-refractivity contribution in [1.82, 2.24) is 10.6 Å². The number of hydrogen-bond donors (Lipinski definition) is 2. The minimum atomic E-state index is 0. The van der Waals surface area contributed by atoms with Crippen molar-refractivity contribution in [2.75, 3.05) is 25.1 Å². The lowest BCUT2D eigenvalue weighted by Crippen LogP contribution is -2.30. The van der Waals surface area contributed by atoms with Gasteiger partial charge in [-0.05, 0) is 32.1 Å². The number of rotatable bonds is 6. The summed E-state index contributed by atoms with van der Waals surface area (Å²) < 4.78 is 0. The van der Waals surface area contributed by atoms with E-state index in [-0.39, 0.29) is 18.3 Å². The molecule has 0 bridgehead atoms. The molecular weight excluding hydrogens is 232 g/mol. The summed E-state index contributed by atoms with van der Waals surface area (Å²) in [6.45, 7) is 1.97. The number of amides is 1. The van der Waals surface area contributed by atoms with E-state index in [2.05, 4.69) is 10.6 Å². The minimum Gasteiger partial charge on any atom is -0.356 e. The Hall–Kier alpha value is 0.0700. The summed E-state index contributed by atoms with van der Waals surface area (Å²) in [7, 11) is 0. The third kappa shape index (κ3) is 7.03. The average Bonchev–Trinajstić information content (AvgIpc) is 2.67. The second-order valence-electron chi connectivity index (χ2n) is 3.67. The summed E-state index contributed by atoms with van der Waals surface area (Å²) in [5, 5.41) is 6.37. The Morgan fingerprint density at radius 2 is 2.40 bits per heavy atom. The number of nitrogens with one attached hydrogen (secondary N) is 2. The highest BCUT2D eigenvalue weighted by atomic mass is 35.5. The van der Waals surface area contributed by atoms with Crippen LogP contribution in [0.2, 0.25) is 0 Å². The lowest BCUT2D eigenvalue weighted by molar-refractivity contribution is -0.120. The first kappa shape index (κ1) is 15.1. The van der Waals surface area contributed by atoms with Crippen LogP contribution in [0.15, 0.2) is 0 Å². The van der Waals surface area contributed by atoms with Gasteiger partial charge in [0.25, 0.3) is 0 Å². The maximum absolute atomic E-state index is 11.2.